The van der Waals surface area contributed by atoms with Crippen LogP contribution >= 0.6 is 0 Å². The number of hydrogen-bond acceptors (Lipinski definition) is 12. The van der Waals surface area contributed by atoms with Gasteiger partial charge in [0.15, 0.2) is 5.82 Å². The molecule has 0 radical (unpaired) electrons. The van der Waals surface area contributed by atoms with Crippen LogP contribution in [-0.2, 0) is 16.1 Å². The lowest BCUT2D eigenvalue weighted by atomic mass is 9.95. The van der Waals surface area contributed by atoms with E-state index in [0.29, 0.717) is 35.8 Å². The lowest BCUT2D eigenvalue weighted by Crippen LogP contribution is -2.58. The fourth-order valence-electron chi connectivity index (χ4n) is 9.35. The maximum Gasteiger partial charge on any atom is 0.255 e. The fraction of sp³-hybridized carbons (Fsp3) is 0.525. The van der Waals surface area contributed by atoms with Crippen LogP contribution in [0.15, 0.2) is 48.5 Å². The summed E-state index contributed by atoms with van der Waals surface area (Å²) < 4.78 is 0. The van der Waals surface area contributed by atoms with Gasteiger partial charge in [0.05, 0.1) is 17.4 Å². The minimum absolute atomic E-state index is 0.115. The Hall–Kier alpha value is -4.79. The van der Waals surface area contributed by atoms with Crippen LogP contribution in [0.5, 0.6) is 5.75 Å². The van der Waals surface area contributed by atoms with Gasteiger partial charge in [-0.25, -0.2) is 0 Å². The van der Waals surface area contributed by atoms with Crippen molar-refractivity contribution in [3.63, 3.8) is 0 Å². The Morgan fingerprint density at radius 2 is 1.56 bits per heavy atom. The van der Waals surface area contributed by atoms with Gasteiger partial charge in [-0.15, -0.1) is 10.2 Å². The third kappa shape index (κ3) is 6.98. The first kappa shape index (κ1) is 34.9. The molecule has 7 heterocycles. The second-order valence-electron chi connectivity index (χ2n) is 15.8. The first-order chi connectivity index (χ1) is 26.4. The number of piperidine rings is 2. The van der Waals surface area contributed by atoms with Crippen LogP contribution < -0.4 is 20.4 Å². The molecule has 284 valence electrons. The van der Waals surface area contributed by atoms with E-state index in [1.165, 1.54) is 12.8 Å². The van der Waals surface area contributed by atoms with Gasteiger partial charge in [0, 0.05) is 102 Å². The molecule has 4 fully saturated rings. The predicted molar refractivity (Wildman–Crippen MR) is 206 cm³/mol. The normalized spacial score (nSPS) is 24.2. The molecule has 14 heteroatoms. The highest BCUT2D eigenvalue weighted by atomic mass is 16.3. The Balaban J connectivity index is 0.703. The number of benzene rings is 2. The summed E-state index contributed by atoms with van der Waals surface area (Å²) in [6.07, 6.45) is 3.14. The molecule has 3 aromatic rings. The van der Waals surface area contributed by atoms with Gasteiger partial charge in [-0.2, -0.15) is 0 Å². The lowest BCUT2D eigenvalue weighted by Gasteiger charge is -2.47. The molecule has 3 N–H and O–H groups in total. The third-order valence-corrected chi connectivity index (χ3v) is 12.5. The van der Waals surface area contributed by atoms with Crippen molar-refractivity contribution in [2.45, 2.75) is 44.3 Å². The van der Waals surface area contributed by atoms with E-state index in [0.717, 1.165) is 114 Å². The Morgan fingerprint density at radius 3 is 2.35 bits per heavy atom. The van der Waals surface area contributed by atoms with Crippen molar-refractivity contribution >= 4 is 34.9 Å². The molecule has 0 saturated carbocycles. The highest BCUT2D eigenvalue weighted by molar-refractivity contribution is 6.05. The molecule has 6 aliphatic rings. The third-order valence-electron chi connectivity index (χ3n) is 12.5. The van der Waals surface area contributed by atoms with Crippen LogP contribution in [0.25, 0.3) is 11.3 Å². The molecule has 6 aliphatic heterocycles. The van der Waals surface area contributed by atoms with Crippen LogP contribution in [-0.4, -0.2) is 150 Å². The van der Waals surface area contributed by atoms with Gasteiger partial charge in [-0.1, -0.05) is 18.2 Å². The highest BCUT2D eigenvalue weighted by Gasteiger charge is 2.40. The monoisotopic (exact) mass is 734 g/mol. The van der Waals surface area contributed by atoms with E-state index in [2.05, 4.69) is 57.5 Å². The zero-order valence-corrected chi connectivity index (χ0v) is 30.8. The Morgan fingerprint density at radius 1 is 0.778 bits per heavy atom. The number of para-hydroxylation sites is 1. The molecule has 0 aliphatic carbocycles. The molecule has 9 rings (SSSR count). The van der Waals surface area contributed by atoms with Crippen molar-refractivity contribution in [1.82, 2.24) is 35.1 Å². The van der Waals surface area contributed by atoms with E-state index < -0.39 is 6.04 Å². The standard InChI is InChI=1S/C40H50N10O4/c51-36-4-2-1-3-31(36)33-22-35-38(44-43-33)41-23-30-26-47(17-20-49(30)35)24-27-9-11-45(12-10-27)13-14-46-15-18-48(19-16-46)29-6-5-28-25-50(40(54)32(28)21-29)34-7-8-37(52)42-39(34)53/h1-6,21-22,27,30,34,51H,7-20,23-26H2,(H,41,44)(H,42,52,53)/t30-,34?/m0/s1. The van der Waals surface area contributed by atoms with Crippen molar-refractivity contribution in [3.05, 3.63) is 59.7 Å². The summed E-state index contributed by atoms with van der Waals surface area (Å²) in [5.41, 5.74) is 5.17. The summed E-state index contributed by atoms with van der Waals surface area (Å²) in [5.74, 6) is 1.02. The van der Waals surface area contributed by atoms with Crippen molar-refractivity contribution in [1.29, 1.82) is 0 Å². The van der Waals surface area contributed by atoms with Gasteiger partial charge >= 0.3 is 0 Å². The number of nitrogens with one attached hydrogen (secondary N) is 2. The van der Waals surface area contributed by atoms with Crippen molar-refractivity contribution < 1.29 is 19.5 Å². The number of aromatic nitrogens is 2. The van der Waals surface area contributed by atoms with E-state index in [1.54, 1.807) is 11.0 Å². The van der Waals surface area contributed by atoms with E-state index in [-0.39, 0.29) is 29.9 Å². The number of imide groups is 1. The van der Waals surface area contributed by atoms with E-state index in [4.69, 9.17) is 0 Å². The maximum absolute atomic E-state index is 13.3. The van der Waals surface area contributed by atoms with Crippen LogP contribution in [0.3, 0.4) is 0 Å². The lowest BCUT2D eigenvalue weighted by molar-refractivity contribution is -0.136. The van der Waals surface area contributed by atoms with Crippen molar-refractivity contribution in [3.8, 4) is 17.0 Å². The SMILES string of the molecule is O=C1CCC(N2Cc3ccc(N4CCN(CCN5CCC(CN6CCN7c8cc(-c9ccccc9O)nnc8NC[C@H]7C6)CC5)CC4)cc3C2=O)C(=O)N1. The molecule has 1 aromatic heterocycles. The number of hydrogen-bond donors (Lipinski definition) is 3. The van der Waals surface area contributed by atoms with Crippen LogP contribution in [0.1, 0.15) is 41.6 Å². The smallest absolute Gasteiger partial charge is 0.255 e. The largest absolute Gasteiger partial charge is 0.507 e. The highest BCUT2D eigenvalue weighted by Crippen LogP contribution is 2.36. The first-order valence-corrected chi connectivity index (χ1v) is 19.7. The molecule has 14 nitrogen and oxygen atoms in total. The second kappa shape index (κ2) is 14.8. The van der Waals surface area contributed by atoms with Gasteiger partial charge in [0.2, 0.25) is 11.8 Å². The summed E-state index contributed by atoms with van der Waals surface area (Å²) in [6, 6.07) is 15.3. The molecule has 2 aromatic carbocycles. The number of fused-ring (bicyclic) bond motifs is 4. The summed E-state index contributed by atoms with van der Waals surface area (Å²) >= 11 is 0. The average molecular weight is 735 g/mol. The second-order valence-corrected chi connectivity index (χ2v) is 15.8. The maximum atomic E-state index is 13.3. The molecular weight excluding hydrogens is 685 g/mol. The van der Waals surface area contributed by atoms with Gasteiger partial charge in [-0.05, 0) is 74.2 Å². The molecule has 1 unspecified atom stereocenters. The Labute approximate surface area is 316 Å². The quantitative estimate of drug-likeness (QED) is 0.292. The summed E-state index contributed by atoms with van der Waals surface area (Å²) in [5, 5.41) is 25.1. The number of aromatic hydroxyl groups is 1. The fourth-order valence-corrected chi connectivity index (χ4v) is 9.35. The minimum Gasteiger partial charge on any atom is -0.507 e. The molecule has 0 spiro atoms. The number of phenolic OH excluding ortho intramolecular Hbond substituents is 1. The number of anilines is 3. The van der Waals surface area contributed by atoms with Crippen LogP contribution in [0.2, 0.25) is 0 Å². The topological polar surface area (TPSA) is 141 Å². The number of piperazine rings is 2. The molecule has 54 heavy (non-hydrogen) atoms. The van der Waals surface area contributed by atoms with Crippen molar-refractivity contribution in [2.75, 3.05) is 100 Å². The summed E-state index contributed by atoms with van der Waals surface area (Å²) in [4.78, 5) is 51.7. The van der Waals surface area contributed by atoms with Gasteiger partial charge < -0.3 is 30.0 Å². The minimum atomic E-state index is -0.583. The molecule has 3 amide bonds. The zero-order valence-electron chi connectivity index (χ0n) is 30.8. The predicted octanol–water partition coefficient (Wildman–Crippen LogP) is 2.06. The number of carbonyl (C=O) groups excluding carboxylic acids is 3. The number of nitrogens with zero attached hydrogens (tertiary/aromatic N) is 8. The number of carbonyl (C=O) groups is 3. The zero-order chi connectivity index (χ0) is 36.8. The average Bonchev–Trinajstić information content (AvgIpc) is 3.52. The van der Waals surface area contributed by atoms with Gasteiger partial charge in [0.1, 0.15) is 11.8 Å². The van der Waals surface area contributed by atoms with Crippen LogP contribution in [0, 0.1) is 5.92 Å². The summed E-state index contributed by atoms with van der Waals surface area (Å²) in [7, 11) is 0. The molecule has 4 saturated heterocycles. The number of likely N-dealkylation sites (tertiary alicyclic amines) is 1. The van der Waals surface area contributed by atoms with Crippen molar-refractivity contribution in [2.24, 2.45) is 5.92 Å². The van der Waals surface area contributed by atoms with Crippen LogP contribution in [0.4, 0.5) is 17.2 Å². The van der Waals surface area contributed by atoms with Gasteiger partial charge in [-0.3, -0.25) is 29.5 Å². The Bertz CT molecular complexity index is 1910. The number of rotatable bonds is 8. The van der Waals surface area contributed by atoms with E-state index in [1.807, 2.05) is 30.3 Å². The summed E-state index contributed by atoms with van der Waals surface area (Å²) in [6.45, 7) is 13.8. The Kier molecular flexibility index (Phi) is 9.58. The first-order valence-electron chi connectivity index (χ1n) is 19.7. The molecule has 0 bridgehead atoms. The number of phenols is 1. The molecule has 2 atom stereocenters. The number of amides is 3. The van der Waals surface area contributed by atoms with E-state index in [9.17, 15) is 19.5 Å². The van der Waals surface area contributed by atoms with Gasteiger partial charge in [0.25, 0.3) is 5.91 Å². The van der Waals surface area contributed by atoms with E-state index >= 15 is 0 Å². The molecular formula is C40H50N10O4.